The Balaban J connectivity index is 0.000000176. The van der Waals surface area contributed by atoms with Gasteiger partial charge in [0.05, 0.1) is 38.5 Å². The van der Waals surface area contributed by atoms with Crippen molar-refractivity contribution in [3.63, 3.8) is 0 Å². The molecule has 2 aliphatic carbocycles. The minimum atomic E-state index is 0.119. The van der Waals surface area contributed by atoms with Crippen LogP contribution in [0.15, 0.2) is 24.3 Å². The van der Waals surface area contributed by atoms with Crippen LogP contribution in [0.3, 0.4) is 0 Å². The van der Waals surface area contributed by atoms with E-state index in [0.29, 0.717) is 52.9 Å². The number of ether oxygens (including phenoxy) is 4. The maximum Gasteiger partial charge on any atom is 0.227 e. The average Bonchev–Trinajstić information content (AvgIpc) is 3.89. The molecule has 0 radical (unpaired) electrons. The van der Waals surface area contributed by atoms with Crippen LogP contribution in [0, 0.1) is 0 Å². The summed E-state index contributed by atoms with van der Waals surface area (Å²) in [6, 6.07) is 8.72. The summed E-state index contributed by atoms with van der Waals surface area (Å²) in [6.07, 6.45) is 25.4. The number of rotatable bonds is 15. The molecule has 3 N–H and O–H groups in total. The van der Waals surface area contributed by atoms with Gasteiger partial charge in [0.25, 0.3) is 0 Å². The van der Waals surface area contributed by atoms with Crippen LogP contribution in [0.5, 0.6) is 23.0 Å². The largest absolute Gasteiger partial charge is 0.493 e. The van der Waals surface area contributed by atoms with Crippen LogP contribution >= 0.6 is 23.2 Å². The Kier molecular flexibility index (Phi) is 19.8. The highest BCUT2D eigenvalue weighted by Crippen LogP contribution is 2.38. The number of hydrogen-bond acceptors (Lipinski definition) is 13. The normalized spacial score (nSPS) is 19.0. The van der Waals surface area contributed by atoms with E-state index in [1.165, 1.54) is 142 Å². The molecular formula is C50H75Cl2N9O4. The Morgan fingerprint density at radius 1 is 0.569 bits per heavy atom. The van der Waals surface area contributed by atoms with Crippen molar-refractivity contribution >= 4 is 56.8 Å². The van der Waals surface area contributed by atoms with Crippen molar-refractivity contribution in [3.05, 3.63) is 34.7 Å². The molecule has 65 heavy (non-hydrogen) atoms. The second-order valence-electron chi connectivity index (χ2n) is 18.5. The molecule has 0 unspecified atom stereocenters. The third-order valence-electron chi connectivity index (χ3n) is 13.5. The summed E-state index contributed by atoms with van der Waals surface area (Å²) < 4.78 is 23.3. The first kappa shape index (κ1) is 49.3. The van der Waals surface area contributed by atoms with Gasteiger partial charge in [0.1, 0.15) is 11.0 Å². The molecule has 13 nitrogen and oxygen atoms in total. The van der Waals surface area contributed by atoms with Crippen LogP contribution in [0.2, 0.25) is 10.4 Å². The fourth-order valence-corrected chi connectivity index (χ4v) is 10.2. The highest BCUT2D eigenvalue weighted by molar-refractivity contribution is 6.35. The third kappa shape index (κ3) is 14.9. The van der Waals surface area contributed by atoms with Gasteiger partial charge in [0, 0.05) is 61.2 Å². The third-order valence-corrected chi connectivity index (χ3v) is 14.0. The quantitative estimate of drug-likeness (QED) is 0.0665. The van der Waals surface area contributed by atoms with E-state index in [2.05, 4.69) is 42.1 Å². The molecule has 5 fully saturated rings. The lowest BCUT2D eigenvalue weighted by Crippen LogP contribution is -2.31. The summed E-state index contributed by atoms with van der Waals surface area (Å²) in [7, 11) is 3.32. The monoisotopic (exact) mass is 936 g/mol. The van der Waals surface area contributed by atoms with Gasteiger partial charge in [0.2, 0.25) is 11.2 Å². The van der Waals surface area contributed by atoms with Crippen LogP contribution in [-0.2, 0) is 0 Å². The second-order valence-corrected chi connectivity index (χ2v) is 19.2. The maximum atomic E-state index is 6.24. The van der Waals surface area contributed by atoms with Gasteiger partial charge < -0.3 is 44.7 Å². The first-order valence-electron chi connectivity index (χ1n) is 24.9. The van der Waals surface area contributed by atoms with Crippen LogP contribution in [0.1, 0.15) is 128 Å². The number of nitrogens with two attached hydrogens (primary N) is 1. The lowest BCUT2D eigenvalue weighted by Gasteiger charge is -2.26. The number of halogens is 2. The lowest BCUT2D eigenvalue weighted by atomic mass is 9.95. The molecule has 0 atom stereocenters. The van der Waals surface area contributed by atoms with Gasteiger partial charge in [-0.25, -0.2) is 15.0 Å². The zero-order valence-corrected chi connectivity index (χ0v) is 40.8. The number of aromatic nitrogens is 4. The van der Waals surface area contributed by atoms with Crippen LogP contribution in [0.25, 0.3) is 21.8 Å². The standard InChI is InChI=1S/C27H41N5O2.C17H21Cl2N3O2.C6H13N/c1-33-24-19-22-23(20-25(24)34-18-10-15-31-13-6-3-7-14-31)29-27(32-16-8-9-17-32)30-26(22)28-21-11-4-2-5-12-21;1-23-14-10-12-13(20-17(19)21-16(12)18)11-15(14)24-9-5-8-22-6-3-2-4-7-22;7-6-4-2-1-3-5-6/h19-21H,2-18H2,1H3,(H,28,29,30);10-11H,2-9H2,1H3;6H,1-5,7H2. The molecule has 15 heteroatoms. The van der Waals surface area contributed by atoms with Crippen LogP contribution in [-0.4, -0.2) is 122 Å². The zero-order chi connectivity index (χ0) is 45.2. The molecule has 2 saturated carbocycles. The van der Waals surface area contributed by atoms with E-state index in [1.54, 1.807) is 26.4 Å². The molecule has 0 spiro atoms. The first-order chi connectivity index (χ1) is 31.9. The van der Waals surface area contributed by atoms with E-state index in [0.717, 1.165) is 73.2 Å². The number of fused-ring (bicyclic) bond motifs is 2. The molecule has 5 aliphatic rings. The van der Waals surface area contributed by atoms with E-state index < -0.39 is 0 Å². The van der Waals surface area contributed by atoms with Gasteiger partial charge >= 0.3 is 0 Å². The van der Waals surface area contributed by atoms with Crippen LogP contribution < -0.4 is 34.9 Å². The molecule has 9 rings (SSSR count). The average molecular weight is 937 g/mol. The molecule has 5 heterocycles. The van der Waals surface area contributed by atoms with Gasteiger partial charge in [-0.05, 0) is 127 Å². The Labute approximate surface area is 397 Å². The number of likely N-dealkylation sites (tertiary alicyclic amines) is 2. The number of nitrogens with zero attached hydrogens (tertiary/aromatic N) is 7. The zero-order valence-electron chi connectivity index (χ0n) is 39.3. The molecule has 2 aromatic heterocycles. The summed E-state index contributed by atoms with van der Waals surface area (Å²) in [5.41, 5.74) is 7.21. The Morgan fingerprint density at radius 2 is 1.06 bits per heavy atom. The van der Waals surface area contributed by atoms with Crippen molar-refractivity contribution in [2.45, 2.75) is 141 Å². The van der Waals surface area contributed by atoms with E-state index in [-0.39, 0.29) is 5.28 Å². The van der Waals surface area contributed by atoms with Crippen molar-refractivity contribution in [3.8, 4) is 23.0 Å². The predicted molar refractivity (Wildman–Crippen MR) is 266 cm³/mol. The van der Waals surface area contributed by atoms with Gasteiger partial charge in [0.15, 0.2) is 23.0 Å². The van der Waals surface area contributed by atoms with Crippen molar-refractivity contribution in [1.29, 1.82) is 0 Å². The highest BCUT2D eigenvalue weighted by Gasteiger charge is 2.22. The number of benzene rings is 2. The van der Waals surface area contributed by atoms with Crippen molar-refractivity contribution in [2.24, 2.45) is 5.73 Å². The minimum absolute atomic E-state index is 0.119. The summed E-state index contributed by atoms with van der Waals surface area (Å²) in [5, 5.41) is 5.90. The number of piperidine rings is 2. The SMILES string of the molecule is COc1cc2c(Cl)nc(Cl)nc2cc1OCCCN1CCCCC1.COc1cc2c(NC3CCCCC3)nc(N3CCCC3)nc2cc1OCCCN1CCCCC1.NC1CCCCC1. The van der Waals surface area contributed by atoms with Crippen molar-refractivity contribution in [1.82, 2.24) is 29.7 Å². The van der Waals surface area contributed by atoms with E-state index in [1.807, 2.05) is 0 Å². The summed E-state index contributed by atoms with van der Waals surface area (Å²) in [4.78, 5) is 25.5. The lowest BCUT2D eigenvalue weighted by molar-refractivity contribution is 0.203. The maximum absolute atomic E-state index is 6.24. The van der Waals surface area contributed by atoms with Crippen LogP contribution in [0.4, 0.5) is 11.8 Å². The fraction of sp³-hybridized carbons (Fsp3) is 0.680. The second kappa shape index (κ2) is 26.1. The fourth-order valence-electron chi connectivity index (χ4n) is 9.79. The molecule has 3 aliphatic heterocycles. The highest BCUT2D eigenvalue weighted by atomic mass is 35.5. The first-order valence-corrected chi connectivity index (χ1v) is 25.7. The smallest absolute Gasteiger partial charge is 0.227 e. The Bertz CT molecular complexity index is 2050. The molecular weight excluding hydrogens is 862 g/mol. The topological polar surface area (TPSA) is 136 Å². The molecule has 2 aromatic carbocycles. The molecule has 0 bridgehead atoms. The molecule has 4 aromatic rings. The van der Waals surface area contributed by atoms with Gasteiger partial charge in [-0.2, -0.15) is 4.98 Å². The van der Waals surface area contributed by atoms with E-state index in [4.69, 9.17) is 57.9 Å². The Morgan fingerprint density at radius 3 is 1.58 bits per heavy atom. The van der Waals surface area contributed by atoms with E-state index in [9.17, 15) is 0 Å². The number of hydrogen-bond donors (Lipinski definition) is 2. The Hall–Kier alpha value is -3.62. The number of anilines is 2. The van der Waals surface area contributed by atoms with Crippen molar-refractivity contribution in [2.75, 3.05) is 90.0 Å². The van der Waals surface area contributed by atoms with Gasteiger partial charge in [-0.15, -0.1) is 0 Å². The summed E-state index contributed by atoms with van der Waals surface area (Å²) >= 11 is 12.0. The van der Waals surface area contributed by atoms with Gasteiger partial charge in [-0.3, -0.25) is 0 Å². The number of nitrogens with one attached hydrogen (secondary N) is 1. The summed E-state index contributed by atoms with van der Waals surface area (Å²) in [6.45, 7) is 10.4. The summed E-state index contributed by atoms with van der Waals surface area (Å²) in [5.74, 6) is 4.58. The molecule has 0 amide bonds. The molecule has 358 valence electrons. The number of methoxy groups -OCH3 is 2. The predicted octanol–water partition coefficient (Wildman–Crippen LogP) is 10.7. The van der Waals surface area contributed by atoms with Gasteiger partial charge in [-0.1, -0.05) is 63.0 Å². The van der Waals surface area contributed by atoms with E-state index >= 15 is 0 Å². The molecule has 3 saturated heterocycles. The minimum Gasteiger partial charge on any atom is -0.493 e. The van der Waals surface area contributed by atoms with Crippen molar-refractivity contribution < 1.29 is 18.9 Å².